The molecular weight excluding hydrogens is 485 g/mol. The standard InChI is InChI=1S/C26H27ClFN5O3/c1-15-9-18(33-7-8-36-19(12-28)14-33)11-21-24(15)32-25(31-21)23-20(5-6-29-26(23)35)30-13-22(34)16-3-2-4-17(27)10-16/h2-6,9-11,19,22,34H,7-8,12-14H2,1H3,(H,31,32)(H2,29,30,35)/t19-,22-/m0/s1. The van der Waals surface area contributed by atoms with Crippen molar-refractivity contribution in [3.63, 3.8) is 0 Å². The number of H-pyrrole nitrogens is 2. The average Bonchev–Trinajstić information content (AvgIpc) is 3.31. The number of hydrogen-bond donors (Lipinski definition) is 4. The van der Waals surface area contributed by atoms with E-state index in [2.05, 4.69) is 20.2 Å². The summed E-state index contributed by atoms with van der Waals surface area (Å²) in [6, 6.07) is 12.7. The van der Waals surface area contributed by atoms with Gasteiger partial charge in [-0.05, 0) is 48.4 Å². The van der Waals surface area contributed by atoms with Gasteiger partial charge in [-0.15, -0.1) is 0 Å². The number of aliphatic hydroxyl groups is 1. The number of benzene rings is 2. The zero-order valence-electron chi connectivity index (χ0n) is 19.7. The Morgan fingerprint density at radius 2 is 2.19 bits per heavy atom. The fraction of sp³-hybridized carbons (Fsp3) is 0.308. The van der Waals surface area contributed by atoms with E-state index in [0.29, 0.717) is 47.4 Å². The minimum atomic E-state index is -0.821. The fourth-order valence-corrected chi connectivity index (χ4v) is 4.72. The normalized spacial score (nSPS) is 16.9. The van der Waals surface area contributed by atoms with Crippen molar-refractivity contribution in [1.29, 1.82) is 0 Å². The van der Waals surface area contributed by atoms with E-state index in [9.17, 15) is 14.3 Å². The van der Waals surface area contributed by atoms with E-state index in [1.54, 1.807) is 36.5 Å². The first kappa shape index (κ1) is 24.3. The van der Waals surface area contributed by atoms with E-state index in [-0.39, 0.29) is 12.1 Å². The molecule has 8 nitrogen and oxygen atoms in total. The molecule has 0 aliphatic carbocycles. The zero-order chi connectivity index (χ0) is 25.2. The van der Waals surface area contributed by atoms with Crippen LogP contribution in [-0.2, 0) is 4.74 Å². The van der Waals surface area contributed by atoms with Gasteiger partial charge in [0.25, 0.3) is 5.56 Å². The summed E-state index contributed by atoms with van der Waals surface area (Å²) in [7, 11) is 0. The van der Waals surface area contributed by atoms with E-state index in [0.717, 1.165) is 22.3 Å². The molecule has 36 heavy (non-hydrogen) atoms. The Morgan fingerprint density at radius 3 is 3.00 bits per heavy atom. The van der Waals surface area contributed by atoms with E-state index in [1.165, 1.54) is 0 Å². The van der Waals surface area contributed by atoms with Crippen LogP contribution in [0.15, 0.2) is 53.5 Å². The number of nitrogens with one attached hydrogen (secondary N) is 3. The van der Waals surface area contributed by atoms with Crippen LogP contribution in [0, 0.1) is 6.92 Å². The molecule has 5 rings (SSSR count). The Kier molecular flexibility index (Phi) is 6.95. The number of anilines is 2. The molecule has 4 aromatic rings. The van der Waals surface area contributed by atoms with E-state index >= 15 is 0 Å². The summed E-state index contributed by atoms with van der Waals surface area (Å²) >= 11 is 6.04. The van der Waals surface area contributed by atoms with Crippen LogP contribution >= 0.6 is 11.6 Å². The van der Waals surface area contributed by atoms with Gasteiger partial charge in [0.15, 0.2) is 0 Å². The van der Waals surface area contributed by atoms with Crippen LogP contribution in [0.4, 0.5) is 15.8 Å². The van der Waals surface area contributed by atoms with E-state index < -0.39 is 18.9 Å². The molecule has 1 saturated heterocycles. The number of fused-ring (bicyclic) bond motifs is 1. The Morgan fingerprint density at radius 1 is 1.33 bits per heavy atom. The lowest BCUT2D eigenvalue weighted by Crippen LogP contribution is -2.43. The molecule has 10 heteroatoms. The molecule has 1 aliphatic heterocycles. The second kappa shape index (κ2) is 10.3. The molecule has 1 aliphatic rings. The third kappa shape index (κ3) is 4.95. The average molecular weight is 512 g/mol. The number of nitrogens with zero attached hydrogens (tertiary/aromatic N) is 2. The quantitative estimate of drug-likeness (QED) is 0.296. The number of aryl methyl sites for hydroxylation is 1. The minimum absolute atomic E-state index is 0.174. The van der Waals surface area contributed by atoms with Crippen LogP contribution in [0.5, 0.6) is 0 Å². The predicted octanol–water partition coefficient (Wildman–Crippen LogP) is 4.20. The van der Waals surface area contributed by atoms with Crippen molar-refractivity contribution < 1.29 is 14.2 Å². The zero-order valence-corrected chi connectivity index (χ0v) is 20.5. The second-order valence-electron chi connectivity index (χ2n) is 8.88. The van der Waals surface area contributed by atoms with Gasteiger partial charge in [-0.1, -0.05) is 23.7 Å². The third-order valence-electron chi connectivity index (χ3n) is 6.35. The van der Waals surface area contributed by atoms with Crippen molar-refractivity contribution in [3.8, 4) is 11.4 Å². The highest BCUT2D eigenvalue weighted by Crippen LogP contribution is 2.30. The van der Waals surface area contributed by atoms with E-state index in [4.69, 9.17) is 21.3 Å². The van der Waals surface area contributed by atoms with Crippen molar-refractivity contribution in [1.82, 2.24) is 15.0 Å². The molecule has 1 fully saturated rings. The summed E-state index contributed by atoms with van der Waals surface area (Å²) < 4.78 is 18.6. The molecule has 0 bridgehead atoms. The van der Waals surface area contributed by atoms with Gasteiger partial charge in [0.05, 0.1) is 29.4 Å². The maximum atomic E-state index is 13.2. The summed E-state index contributed by atoms with van der Waals surface area (Å²) in [6.07, 6.45) is 0.287. The number of morpholine rings is 1. The van der Waals surface area contributed by atoms with Crippen molar-refractivity contribution >= 4 is 34.0 Å². The number of pyridine rings is 1. The molecule has 2 aromatic heterocycles. The molecule has 2 aromatic carbocycles. The number of aliphatic hydroxyl groups excluding tert-OH is 1. The van der Waals surface area contributed by atoms with Crippen molar-refractivity contribution in [3.05, 3.63) is 75.2 Å². The molecule has 0 amide bonds. The molecule has 0 spiro atoms. The van der Waals surface area contributed by atoms with Gasteiger partial charge in [0, 0.05) is 36.5 Å². The van der Waals surface area contributed by atoms with Crippen LogP contribution in [-0.4, -0.2) is 59.1 Å². The Labute approximate surface area is 212 Å². The van der Waals surface area contributed by atoms with Gasteiger partial charge < -0.3 is 30.0 Å². The molecule has 0 unspecified atom stereocenters. The molecule has 3 heterocycles. The number of aromatic amines is 2. The number of hydrogen-bond acceptors (Lipinski definition) is 6. The lowest BCUT2D eigenvalue weighted by atomic mass is 10.1. The SMILES string of the molecule is Cc1cc(N2CCO[C@@H](CF)C2)cc2[nH]c(-c3c(NC[C@H](O)c4cccc(Cl)c4)cc[nH]c3=O)nc12. The maximum absolute atomic E-state index is 13.2. The van der Waals surface area contributed by atoms with Crippen molar-refractivity contribution in [2.75, 3.05) is 43.1 Å². The summed E-state index contributed by atoms with van der Waals surface area (Å²) in [5, 5.41) is 14.3. The number of ether oxygens (including phenoxy) is 1. The Balaban J connectivity index is 1.44. The van der Waals surface area contributed by atoms with Gasteiger partial charge in [0.1, 0.15) is 24.2 Å². The van der Waals surface area contributed by atoms with Crippen LogP contribution < -0.4 is 15.8 Å². The highest BCUT2D eigenvalue weighted by atomic mass is 35.5. The monoisotopic (exact) mass is 511 g/mol. The molecule has 0 saturated carbocycles. The van der Waals surface area contributed by atoms with Gasteiger partial charge in [0.2, 0.25) is 0 Å². The van der Waals surface area contributed by atoms with Gasteiger partial charge in [-0.25, -0.2) is 9.37 Å². The maximum Gasteiger partial charge on any atom is 0.261 e. The highest BCUT2D eigenvalue weighted by Gasteiger charge is 2.22. The predicted molar refractivity (Wildman–Crippen MR) is 140 cm³/mol. The first-order valence-corrected chi connectivity index (χ1v) is 12.1. The number of aromatic nitrogens is 3. The summed E-state index contributed by atoms with van der Waals surface area (Å²) in [6.45, 7) is 3.22. The molecule has 0 radical (unpaired) electrons. The van der Waals surface area contributed by atoms with Crippen LogP contribution in [0.3, 0.4) is 0 Å². The minimum Gasteiger partial charge on any atom is -0.387 e. The van der Waals surface area contributed by atoms with Crippen molar-refractivity contribution in [2.45, 2.75) is 19.1 Å². The molecule has 188 valence electrons. The molecular formula is C26H27ClFN5O3. The molecule has 2 atom stereocenters. The van der Waals surface area contributed by atoms with E-state index in [1.807, 2.05) is 19.1 Å². The number of alkyl halides is 1. The first-order chi connectivity index (χ1) is 17.4. The lowest BCUT2D eigenvalue weighted by Gasteiger charge is -2.33. The first-order valence-electron chi connectivity index (χ1n) is 11.7. The van der Waals surface area contributed by atoms with Gasteiger partial charge >= 0.3 is 0 Å². The summed E-state index contributed by atoms with van der Waals surface area (Å²) in [4.78, 5) is 25.7. The Bertz CT molecular complexity index is 1440. The lowest BCUT2D eigenvalue weighted by molar-refractivity contribution is 0.0247. The topological polar surface area (TPSA) is 106 Å². The molecule has 4 N–H and O–H groups in total. The largest absolute Gasteiger partial charge is 0.387 e. The summed E-state index contributed by atoms with van der Waals surface area (Å²) in [5.41, 5.74) is 4.65. The fourth-order valence-electron chi connectivity index (χ4n) is 4.52. The summed E-state index contributed by atoms with van der Waals surface area (Å²) in [5.74, 6) is 0.412. The third-order valence-corrected chi connectivity index (χ3v) is 6.59. The van der Waals surface area contributed by atoms with Gasteiger partial charge in [-0.3, -0.25) is 4.79 Å². The van der Waals surface area contributed by atoms with Crippen LogP contribution in [0.25, 0.3) is 22.4 Å². The second-order valence-corrected chi connectivity index (χ2v) is 9.32. The van der Waals surface area contributed by atoms with Crippen molar-refractivity contribution in [2.24, 2.45) is 0 Å². The smallest absolute Gasteiger partial charge is 0.261 e. The Hall–Kier alpha value is -3.40. The van der Waals surface area contributed by atoms with Crippen LogP contribution in [0.1, 0.15) is 17.2 Å². The highest BCUT2D eigenvalue weighted by molar-refractivity contribution is 6.30. The van der Waals surface area contributed by atoms with Crippen LogP contribution in [0.2, 0.25) is 5.02 Å². The number of imidazole rings is 1. The van der Waals surface area contributed by atoms with Gasteiger partial charge in [-0.2, -0.15) is 0 Å². The number of halogens is 2. The number of rotatable bonds is 7.